The molecule has 26 heavy (non-hydrogen) atoms. The maximum Gasteiger partial charge on any atom is 0.230 e. The van der Waals surface area contributed by atoms with Gasteiger partial charge in [-0.2, -0.15) is 10.1 Å². The van der Waals surface area contributed by atoms with Crippen molar-refractivity contribution in [2.45, 2.75) is 50.4 Å². The third-order valence-corrected chi connectivity index (χ3v) is 5.63. The molecule has 1 aliphatic heterocycles. The summed E-state index contributed by atoms with van der Waals surface area (Å²) in [5.41, 5.74) is 3.49. The molecule has 0 bridgehead atoms. The van der Waals surface area contributed by atoms with Crippen molar-refractivity contribution in [3.05, 3.63) is 35.2 Å². The monoisotopic (exact) mass is 349 g/mol. The van der Waals surface area contributed by atoms with E-state index in [0.29, 0.717) is 18.2 Å². The van der Waals surface area contributed by atoms with Gasteiger partial charge < -0.3 is 4.52 Å². The third kappa shape index (κ3) is 2.67. The second-order valence-electron chi connectivity index (χ2n) is 7.23. The molecule has 1 aromatic heterocycles. The lowest BCUT2D eigenvalue weighted by Crippen LogP contribution is -2.13. The van der Waals surface area contributed by atoms with Gasteiger partial charge in [0.1, 0.15) is 0 Å². The maximum absolute atomic E-state index is 12.3. The van der Waals surface area contributed by atoms with E-state index in [1.807, 2.05) is 6.07 Å². The van der Waals surface area contributed by atoms with Gasteiger partial charge in [-0.05, 0) is 48.8 Å². The number of aliphatic imine (C=N–C) groups is 1. The van der Waals surface area contributed by atoms with Crippen LogP contribution in [0.1, 0.15) is 61.0 Å². The molecule has 3 aliphatic rings. The Morgan fingerprint density at radius 2 is 2.15 bits per heavy atom. The van der Waals surface area contributed by atoms with Gasteiger partial charge in [-0.1, -0.05) is 23.7 Å². The first kappa shape index (κ1) is 15.5. The molecule has 5 rings (SSSR count). The van der Waals surface area contributed by atoms with Crippen LogP contribution in [0.4, 0.5) is 0 Å². The molecule has 0 N–H and O–H groups in total. The molecule has 7 heteroatoms. The van der Waals surface area contributed by atoms with Crippen molar-refractivity contribution in [3.8, 4) is 11.4 Å². The van der Waals surface area contributed by atoms with Crippen molar-refractivity contribution in [2.75, 3.05) is 6.67 Å². The molecule has 1 saturated carbocycles. The first-order valence-electron chi connectivity index (χ1n) is 9.20. The van der Waals surface area contributed by atoms with Gasteiger partial charge in [0.05, 0.1) is 0 Å². The quantitative estimate of drug-likeness (QED) is 0.820. The van der Waals surface area contributed by atoms with Crippen LogP contribution >= 0.6 is 0 Å². The Hall–Kier alpha value is -2.70. The largest absolute Gasteiger partial charge is 0.339 e. The molecule has 1 fully saturated rings. The number of carbonyl (C=O) groups is 1. The van der Waals surface area contributed by atoms with E-state index >= 15 is 0 Å². The van der Waals surface area contributed by atoms with Gasteiger partial charge in [0, 0.05) is 17.9 Å². The van der Waals surface area contributed by atoms with Crippen molar-refractivity contribution in [2.24, 2.45) is 15.2 Å². The van der Waals surface area contributed by atoms with E-state index < -0.39 is 0 Å². The minimum absolute atomic E-state index is 0.0171. The molecule has 1 aromatic carbocycles. The van der Waals surface area contributed by atoms with Crippen LogP contribution in [0, 0.1) is 0 Å². The summed E-state index contributed by atoms with van der Waals surface area (Å²) in [4.78, 5) is 20.9. The highest BCUT2D eigenvalue weighted by Gasteiger charge is 2.29. The Labute approximate surface area is 150 Å². The van der Waals surface area contributed by atoms with Gasteiger partial charge in [0.15, 0.2) is 6.67 Å². The number of ketones is 1. The first-order valence-corrected chi connectivity index (χ1v) is 9.20. The van der Waals surface area contributed by atoms with E-state index in [-0.39, 0.29) is 24.2 Å². The summed E-state index contributed by atoms with van der Waals surface area (Å²) in [6, 6.07) is 6.28. The fourth-order valence-corrected chi connectivity index (χ4v) is 3.92. The molecule has 0 spiro atoms. The van der Waals surface area contributed by atoms with E-state index in [2.05, 4.69) is 37.5 Å². The molecular weight excluding hydrogens is 330 g/mol. The zero-order valence-electron chi connectivity index (χ0n) is 14.4. The molecule has 2 aromatic rings. The number of aromatic nitrogens is 2. The molecule has 132 valence electrons. The molecule has 0 radical (unpaired) electrons. The third-order valence-electron chi connectivity index (χ3n) is 5.63. The number of nitrogens with zero attached hydrogens (tertiary/aromatic N) is 5. The van der Waals surface area contributed by atoms with E-state index in [0.717, 1.165) is 37.1 Å². The molecule has 0 unspecified atom stereocenters. The molecule has 2 heterocycles. The van der Waals surface area contributed by atoms with Crippen LogP contribution in [-0.2, 0) is 11.2 Å². The highest BCUT2D eigenvalue weighted by molar-refractivity contribution is 6.39. The summed E-state index contributed by atoms with van der Waals surface area (Å²) < 4.78 is 5.43. The summed E-state index contributed by atoms with van der Waals surface area (Å²) in [6.07, 6.45) is 5.91. The topological polar surface area (TPSA) is 93.1 Å². The molecule has 1 atom stereocenters. The Morgan fingerprint density at radius 1 is 1.23 bits per heavy atom. The van der Waals surface area contributed by atoms with Crippen molar-refractivity contribution < 1.29 is 9.32 Å². The van der Waals surface area contributed by atoms with Crippen LogP contribution in [0.25, 0.3) is 11.4 Å². The summed E-state index contributed by atoms with van der Waals surface area (Å²) in [7, 11) is 0. The Morgan fingerprint density at radius 3 is 2.92 bits per heavy atom. The lowest BCUT2D eigenvalue weighted by atomic mass is 9.85. The number of fused-ring (bicyclic) bond motifs is 1. The second-order valence-corrected chi connectivity index (χ2v) is 7.23. The molecule has 0 amide bonds. The second kappa shape index (κ2) is 6.23. The van der Waals surface area contributed by atoms with Crippen LogP contribution < -0.4 is 0 Å². The average Bonchev–Trinajstić information content (AvgIpc) is 3.34. The number of benzene rings is 1. The van der Waals surface area contributed by atoms with E-state index in [1.165, 1.54) is 17.5 Å². The number of hydrogen-bond donors (Lipinski definition) is 0. The summed E-state index contributed by atoms with van der Waals surface area (Å²) in [5.74, 6) is 2.34. The fraction of sp³-hybridized carbons (Fsp3) is 0.474. The van der Waals surface area contributed by atoms with Gasteiger partial charge in [-0.15, -0.1) is 5.11 Å². The lowest BCUT2D eigenvalue weighted by Gasteiger charge is -2.20. The zero-order valence-corrected chi connectivity index (χ0v) is 14.4. The van der Waals surface area contributed by atoms with Gasteiger partial charge in [0.2, 0.25) is 23.3 Å². The van der Waals surface area contributed by atoms with Crippen LogP contribution in [0.2, 0.25) is 0 Å². The van der Waals surface area contributed by atoms with Crippen LogP contribution in [0.15, 0.2) is 37.9 Å². The number of hydrogen-bond acceptors (Lipinski definition) is 7. The lowest BCUT2D eigenvalue weighted by molar-refractivity contribution is -0.113. The predicted octanol–water partition coefficient (Wildman–Crippen LogP) is 3.81. The highest BCUT2D eigenvalue weighted by atomic mass is 16.5. The minimum atomic E-state index is -0.0171. The Kier molecular flexibility index (Phi) is 3.72. The van der Waals surface area contributed by atoms with Gasteiger partial charge >= 0.3 is 0 Å². The van der Waals surface area contributed by atoms with E-state index in [9.17, 15) is 4.79 Å². The zero-order chi connectivity index (χ0) is 17.5. The van der Waals surface area contributed by atoms with Crippen LogP contribution in [0.3, 0.4) is 0 Å². The number of carbonyl (C=O) groups excluding carboxylic acids is 1. The van der Waals surface area contributed by atoms with Crippen LogP contribution in [-0.4, -0.2) is 28.4 Å². The first-order chi connectivity index (χ1) is 12.8. The summed E-state index contributed by atoms with van der Waals surface area (Å²) >= 11 is 0. The highest BCUT2D eigenvalue weighted by Crippen LogP contribution is 2.39. The Balaban J connectivity index is 1.34. The van der Waals surface area contributed by atoms with Crippen molar-refractivity contribution >= 4 is 11.6 Å². The number of Topliss-reactive ketones (excluding diaryl/α,β-unsaturated/α-hetero) is 1. The van der Waals surface area contributed by atoms with Gasteiger partial charge in [0.25, 0.3) is 0 Å². The van der Waals surface area contributed by atoms with E-state index in [4.69, 9.17) is 4.52 Å². The van der Waals surface area contributed by atoms with E-state index in [1.54, 1.807) is 0 Å². The van der Waals surface area contributed by atoms with Crippen molar-refractivity contribution in [1.82, 2.24) is 10.1 Å². The summed E-state index contributed by atoms with van der Waals surface area (Å²) in [6.45, 7) is 0.277. The van der Waals surface area contributed by atoms with Crippen molar-refractivity contribution in [1.29, 1.82) is 0 Å². The minimum Gasteiger partial charge on any atom is -0.339 e. The fourth-order valence-electron chi connectivity index (χ4n) is 3.92. The SMILES string of the molecule is O=C(C[C@@H]1CCc2cc(-c3noc(C4CCC4)n3)ccc21)C1=NCN=N1. The smallest absolute Gasteiger partial charge is 0.230 e. The normalized spacial score (nSPS) is 21.5. The molecule has 7 nitrogen and oxygen atoms in total. The maximum atomic E-state index is 12.3. The number of amidine groups is 1. The number of azo groups is 1. The number of aryl methyl sites for hydroxylation is 1. The average molecular weight is 349 g/mol. The molecule has 0 saturated heterocycles. The Bertz CT molecular complexity index is 926. The predicted molar refractivity (Wildman–Crippen MR) is 94.2 cm³/mol. The standard InChI is InChI=1S/C19H19N5O2/c25-16(18-20-10-21-23-18)9-13-5-4-12-8-14(6-7-15(12)13)17-22-19(26-24-17)11-2-1-3-11/h6-8,11,13H,1-5,9-10H2/t13-/m0/s1. The summed E-state index contributed by atoms with van der Waals surface area (Å²) in [5, 5.41) is 11.7. The molecular formula is C19H19N5O2. The van der Waals surface area contributed by atoms with Crippen molar-refractivity contribution in [3.63, 3.8) is 0 Å². The van der Waals surface area contributed by atoms with Gasteiger partial charge in [-0.3, -0.25) is 4.79 Å². The molecule has 2 aliphatic carbocycles. The number of rotatable bonds is 5. The van der Waals surface area contributed by atoms with Crippen LogP contribution in [0.5, 0.6) is 0 Å². The van der Waals surface area contributed by atoms with Gasteiger partial charge in [-0.25, -0.2) is 4.99 Å².